The molecule has 0 heterocycles. The summed E-state index contributed by atoms with van der Waals surface area (Å²) in [7, 11) is -3.57. The first-order valence-corrected chi connectivity index (χ1v) is 9.09. The van der Waals surface area contributed by atoms with Gasteiger partial charge in [-0.3, -0.25) is 4.72 Å². The highest BCUT2D eigenvalue weighted by Gasteiger charge is 2.17. The fourth-order valence-electron chi connectivity index (χ4n) is 2.06. The van der Waals surface area contributed by atoms with Gasteiger partial charge in [-0.15, -0.1) is 0 Å². The molecule has 0 saturated heterocycles. The molecule has 0 amide bonds. The Morgan fingerprint density at radius 3 is 2.33 bits per heavy atom. The third-order valence-electron chi connectivity index (χ3n) is 3.47. The van der Waals surface area contributed by atoms with Crippen LogP contribution in [0.15, 0.2) is 57.9 Å². The summed E-state index contributed by atoms with van der Waals surface area (Å²) in [6, 6.07) is 14.1. The van der Waals surface area contributed by atoms with Crippen molar-refractivity contribution in [1.29, 1.82) is 0 Å². The van der Waals surface area contributed by atoms with E-state index in [2.05, 4.69) is 34.5 Å². The quantitative estimate of drug-likeness (QED) is 0.827. The average molecular weight is 368 g/mol. The molecule has 2 aromatic carbocycles. The van der Waals surface area contributed by atoms with Gasteiger partial charge in [0, 0.05) is 4.47 Å². The van der Waals surface area contributed by atoms with Crippen LogP contribution in [0.5, 0.6) is 0 Å². The lowest BCUT2D eigenvalue weighted by Gasteiger charge is -2.16. The molecule has 0 aliphatic heterocycles. The number of hydrogen-bond acceptors (Lipinski definition) is 2. The van der Waals surface area contributed by atoms with E-state index in [-0.39, 0.29) is 4.90 Å². The summed E-state index contributed by atoms with van der Waals surface area (Å²) in [5.41, 5.74) is 1.66. The topological polar surface area (TPSA) is 46.2 Å². The second-order valence-corrected chi connectivity index (χ2v) is 7.55. The van der Waals surface area contributed by atoms with E-state index in [1.54, 1.807) is 30.3 Å². The third-order valence-corrected chi connectivity index (χ3v) is 5.38. The Hall–Kier alpha value is -1.33. The smallest absolute Gasteiger partial charge is 0.261 e. The summed E-state index contributed by atoms with van der Waals surface area (Å²) in [6.07, 6.45) is 0.955. The van der Waals surface area contributed by atoms with Crippen LogP contribution in [0.25, 0.3) is 0 Å². The molecule has 0 radical (unpaired) electrons. The van der Waals surface area contributed by atoms with E-state index in [0.717, 1.165) is 16.5 Å². The van der Waals surface area contributed by atoms with E-state index in [9.17, 15) is 8.42 Å². The number of para-hydroxylation sites is 1. The monoisotopic (exact) mass is 367 g/mol. The third kappa shape index (κ3) is 3.86. The van der Waals surface area contributed by atoms with Crippen LogP contribution in [-0.2, 0) is 10.0 Å². The van der Waals surface area contributed by atoms with Gasteiger partial charge in [-0.25, -0.2) is 8.42 Å². The lowest BCUT2D eigenvalue weighted by molar-refractivity contribution is 0.601. The Bertz CT molecular complexity index is 711. The van der Waals surface area contributed by atoms with Gasteiger partial charge in [-0.1, -0.05) is 48.0 Å². The van der Waals surface area contributed by atoms with Crippen molar-refractivity contribution in [2.45, 2.75) is 31.1 Å². The highest BCUT2D eigenvalue weighted by Crippen LogP contribution is 2.28. The highest BCUT2D eigenvalue weighted by molar-refractivity contribution is 9.10. The first-order valence-electron chi connectivity index (χ1n) is 6.81. The molecule has 0 aliphatic carbocycles. The normalized spacial score (nSPS) is 12.9. The van der Waals surface area contributed by atoms with Crippen molar-refractivity contribution < 1.29 is 8.42 Å². The fraction of sp³-hybridized carbons (Fsp3) is 0.250. The van der Waals surface area contributed by atoms with Crippen molar-refractivity contribution in [1.82, 2.24) is 0 Å². The minimum Gasteiger partial charge on any atom is -0.279 e. The summed E-state index contributed by atoms with van der Waals surface area (Å²) in [5.74, 6) is 0.300. The number of halogens is 1. The maximum atomic E-state index is 12.4. The van der Waals surface area contributed by atoms with Crippen molar-refractivity contribution in [3.63, 3.8) is 0 Å². The van der Waals surface area contributed by atoms with E-state index < -0.39 is 10.0 Å². The van der Waals surface area contributed by atoms with Crippen molar-refractivity contribution in [2.24, 2.45) is 0 Å². The van der Waals surface area contributed by atoms with Crippen molar-refractivity contribution in [3.8, 4) is 0 Å². The molecule has 1 atom stereocenters. The lowest BCUT2D eigenvalue weighted by Crippen LogP contribution is -2.14. The summed E-state index contributed by atoms with van der Waals surface area (Å²) in [6.45, 7) is 4.18. The molecule has 0 spiro atoms. The molecule has 5 heteroatoms. The first-order chi connectivity index (χ1) is 9.94. The van der Waals surface area contributed by atoms with Crippen LogP contribution in [0.2, 0.25) is 0 Å². The second kappa shape index (κ2) is 6.62. The number of rotatable bonds is 5. The molecule has 0 aromatic heterocycles. The van der Waals surface area contributed by atoms with Crippen molar-refractivity contribution in [3.05, 3.63) is 58.6 Å². The lowest BCUT2D eigenvalue weighted by atomic mass is 9.97. The average Bonchev–Trinajstić information content (AvgIpc) is 2.47. The fourth-order valence-corrected chi connectivity index (χ4v) is 3.41. The van der Waals surface area contributed by atoms with Gasteiger partial charge in [0.25, 0.3) is 10.0 Å². The zero-order valence-corrected chi connectivity index (χ0v) is 14.4. The molecule has 1 N–H and O–H groups in total. The highest BCUT2D eigenvalue weighted by atomic mass is 79.9. The van der Waals surface area contributed by atoms with Crippen molar-refractivity contribution >= 4 is 31.6 Å². The van der Waals surface area contributed by atoms with Gasteiger partial charge in [-0.05, 0) is 48.2 Å². The Balaban J connectivity index is 2.35. The molecule has 0 bridgehead atoms. The number of anilines is 1. The van der Waals surface area contributed by atoms with Crippen LogP contribution in [0, 0.1) is 0 Å². The van der Waals surface area contributed by atoms with Gasteiger partial charge in [0.1, 0.15) is 0 Å². The molecule has 21 heavy (non-hydrogen) atoms. The minimum atomic E-state index is -3.57. The van der Waals surface area contributed by atoms with Gasteiger partial charge < -0.3 is 0 Å². The SMILES string of the molecule is CC[C@H](C)c1ccccc1NS(=O)(=O)c1ccc(Br)cc1. The molecular weight excluding hydrogens is 350 g/mol. The van der Waals surface area contributed by atoms with Crippen LogP contribution in [0.3, 0.4) is 0 Å². The Labute approximate surface area is 134 Å². The molecule has 0 fully saturated rings. The molecule has 0 saturated carbocycles. The maximum Gasteiger partial charge on any atom is 0.261 e. The number of nitrogens with one attached hydrogen (secondary N) is 1. The van der Waals surface area contributed by atoms with E-state index in [1.807, 2.05) is 18.2 Å². The number of sulfonamides is 1. The Morgan fingerprint density at radius 1 is 1.10 bits per heavy atom. The molecule has 0 aliphatic rings. The van der Waals surface area contributed by atoms with E-state index in [4.69, 9.17) is 0 Å². The minimum absolute atomic E-state index is 0.254. The molecule has 3 nitrogen and oxygen atoms in total. The van der Waals surface area contributed by atoms with Crippen LogP contribution >= 0.6 is 15.9 Å². The standard InChI is InChI=1S/C16H18BrNO2S/c1-3-12(2)15-6-4-5-7-16(15)18-21(19,20)14-10-8-13(17)9-11-14/h4-12,18H,3H2,1-2H3/t12-/m0/s1. The zero-order chi connectivity index (χ0) is 15.5. The second-order valence-electron chi connectivity index (χ2n) is 4.96. The Kier molecular flexibility index (Phi) is 5.06. The van der Waals surface area contributed by atoms with E-state index in [1.165, 1.54) is 0 Å². The summed E-state index contributed by atoms with van der Waals surface area (Å²) < 4.78 is 28.4. The van der Waals surface area contributed by atoms with Gasteiger partial charge in [-0.2, -0.15) is 0 Å². The van der Waals surface area contributed by atoms with Gasteiger partial charge in [0.2, 0.25) is 0 Å². The first kappa shape index (κ1) is 16.0. The van der Waals surface area contributed by atoms with E-state index >= 15 is 0 Å². The van der Waals surface area contributed by atoms with E-state index in [0.29, 0.717) is 11.6 Å². The van der Waals surface area contributed by atoms with Crippen LogP contribution in [0.1, 0.15) is 31.7 Å². The van der Waals surface area contributed by atoms with Crippen LogP contribution in [0.4, 0.5) is 5.69 Å². The summed E-state index contributed by atoms with van der Waals surface area (Å²) in [5, 5.41) is 0. The molecule has 2 aromatic rings. The molecule has 112 valence electrons. The number of benzene rings is 2. The van der Waals surface area contributed by atoms with Crippen molar-refractivity contribution in [2.75, 3.05) is 4.72 Å². The largest absolute Gasteiger partial charge is 0.279 e. The predicted molar refractivity (Wildman–Crippen MR) is 90.1 cm³/mol. The Morgan fingerprint density at radius 2 is 1.71 bits per heavy atom. The van der Waals surface area contributed by atoms with Crippen LogP contribution < -0.4 is 4.72 Å². The maximum absolute atomic E-state index is 12.4. The summed E-state index contributed by atoms with van der Waals surface area (Å²) in [4.78, 5) is 0.254. The van der Waals surface area contributed by atoms with Gasteiger partial charge >= 0.3 is 0 Å². The molecule has 2 rings (SSSR count). The predicted octanol–water partition coefficient (Wildman–Crippen LogP) is 4.76. The number of hydrogen-bond donors (Lipinski definition) is 1. The summed E-state index contributed by atoms with van der Waals surface area (Å²) >= 11 is 3.30. The van der Waals surface area contributed by atoms with Gasteiger partial charge in [0.05, 0.1) is 10.6 Å². The molecule has 0 unspecified atom stereocenters. The van der Waals surface area contributed by atoms with Crippen LogP contribution in [-0.4, -0.2) is 8.42 Å². The molecular formula is C16H18BrNO2S. The zero-order valence-electron chi connectivity index (χ0n) is 12.0. The van der Waals surface area contributed by atoms with Gasteiger partial charge in [0.15, 0.2) is 0 Å².